The molecule has 0 saturated heterocycles. The Morgan fingerprint density at radius 3 is 2.44 bits per heavy atom. The maximum Gasteiger partial charge on any atom is 0.326 e. The minimum Gasteiger partial charge on any atom is -0.480 e. The summed E-state index contributed by atoms with van der Waals surface area (Å²) in [5.74, 6) is -3.23. The molecule has 7 nitrogen and oxygen atoms in total. The van der Waals surface area contributed by atoms with Gasteiger partial charge in [-0.15, -0.1) is 0 Å². The number of carbonyl (C=O) groups excluding carboxylic acids is 3. The van der Waals surface area contributed by atoms with Gasteiger partial charge in [0, 0.05) is 26.2 Å². The highest BCUT2D eigenvalue weighted by Gasteiger charge is 2.35. The second-order valence-corrected chi connectivity index (χ2v) is 6.80. The largest absolute Gasteiger partial charge is 0.480 e. The lowest BCUT2D eigenvalue weighted by atomic mass is 9.83. The number of halogens is 1. The number of carbonyl (C=O) groups is 4. The average Bonchev–Trinajstić information content (AvgIpc) is 2.60. The van der Waals surface area contributed by atoms with E-state index in [9.17, 15) is 28.7 Å². The molecule has 0 aliphatic heterocycles. The molecule has 0 unspecified atom stereocenters. The van der Waals surface area contributed by atoms with Crippen molar-refractivity contribution in [2.75, 3.05) is 0 Å². The Hall–Kier alpha value is -2.77. The first kappa shape index (κ1) is 20.5. The Morgan fingerprint density at radius 2 is 1.89 bits per heavy atom. The molecule has 1 fully saturated rings. The standard InChI is InChI=1S/C19H23FN2O5/c1-11(23)21-16(9-12-5-7-14(20)8-6-12)18(25)22-17(19(26)27)13-3-2-4-15(24)10-13/h5-8,13,16-17H,2-4,9-10H2,1H3,(H,21,23)(H,22,25)(H,26,27)/t13-,16+,17-/m0/s1. The van der Waals surface area contributed by atoms with Gasteiger partial charge in [0.05, 0.1) is 0 Å². The molecule has 2 amide bonds. The van der Waals surface area contributed by atoms with Crippen molar-refractivity contribution in [3.05, 3.63) is 35.6 Å². The lowest BCUT2D eigenvalue weighted by Gasteiger charge is -2.29. The van der Waals surface area contributed by atoms with Crippen LogP contribution in [0, 0.1) is 11.7 Å². The summed E-state index contributed by atoms with van der Waals surface area (Å²) < 4.78 is 13.0. The third-order valence-electron chi connectivity index (χ3n) is 4.60. The van der Waals surface area contributed by atoms with Crippen LogP contribution in [-0.4, -0.2) is 40.8 Å². The molecule has 1 aliphatic rings. The number of aliphatic carboxylic acids is 1. The fourth-order valence-electron chi connectivity index (χ4n) is 3.29. The number of ketones is 1. The van der Waals surface area contributed by atoms with Gasteiger partial charge in [-0.3, -0.25) is 14.4 Å². The van der Waals surface area contributed by atoms with E-state index in [-0.39, 0.29) is 18.6 Å². The van der Waals surface area contributed by atoms with Crippen LogP contribution in [0.15, 0.2) is 24.3 Å². The topological polar surface area (TPSA) is 113 Å². The number of carboxylic acid groups (broad SMARTS) is 1. The summed E-state index contributed by atoms with van der Waals surface area (Å²) in [5, 5.41) is 14.4. The van der Waals surface area contributed by atoms with Gasteiger partial charge in [-0.1, -0.05) is 12.1 Å². The van der Waals surface area contributed by atoms with Crippen LogP contribution in [0.2, 0.25) is 0 Å². The fraction of sp³-hybridized carbons (Fsp3) is 0.474. The number of hydrogen-bond donors (Lipinski definition) is 3. The number of rotatable bonds is 7. The molecular formula is C19H23FN2O5. The lowest BCUT2D eigenvalue weighted by molar-refractivity contribution is -0.144. The predicted octanol–water partition coefficient (Wildman–Crippen LogP) is 1.20. The SMILES string of the molecule is CC(=O)N[C@H](Cc1ccc(F)cc1)C(=O)N[C@H](C(=O)O)[C@H]1CCCC(=O)C1. The van der Waals surface area contributed by atoms with Crippen LogP contribution in [0.4, 0.5) is 4.39 Å². The smallest absolute Gasteiger partial charge is 0.326 e. The van der Waals surface area contributed by atoms with E-state index in [0.717, 1.165) is 0 Å². The van der Waals surface area contributed by atoms with Crippen LogP contribution < -0.4 is 10.6 Å². The van der Waals surface area contributed by atoms with Crippen LogP contribution in [0.1, 0.15) is 38.2 Å². The van der Waals surface area contributed by atoms with Gasteiger partial charge in [0.1, 0.15) is 23.7 Å². The Bertz CT molecular complexity index is 719. The lowest BCUT2D eigenvalue weighted by Crippen LogP contribution is -2.54. The molecule has 3 atom stereocenters. The third kappa shape index (κ3) is 6.16. The van der Waals surface area contributed by atoms with E-state index in [0.29, 0.717) is 24.8 Å². The van der Waals surface area contributed by atoms with Crippen molar-refractivity contribution in [1.29, 1.82) is 0 Å². The molecule has 0 heterocycles. The number of benzene rings is 1. The summed E-state index contributed by atoms with van der Waals surface area (Å²) in [6.07, 6.45) is 1.75. The van der Waals surface area contributed by atoms with Crippen molar-refractivity contribution in [2.24, 2.45) is 5.92 Å². The highest BCUT2D eigenvalue weighted by molar-refractivity contribution is 5.90. The maximum absolute atomic E-state index is 13.0. The molecule has 1 aromatic rings. The first-order chi connectivity index (χ1) is 12.8. The average molecular weight is 378 g/mol. The molecule has 1 aromatic carbocycles. The molecule has 0 bridgehead atoms. The van der Waals surface area contributed by atoms with Crippen molar-refractivity contribution >= 4 is 23.6 Å². The fourth-order valence-corrected chi connectivity index (χ4v) is 3.29. The summed E-state index contributed by atoms with van der Waals surface area (Å²) in [6.45, 7) is 1.25. The zero-order valence-corrected chi connectivity index (χ0v) is 15.0. The molecule has 1 aliphatic carbocycles. The number of carboxylic acids is 1. The minimum absolute atomic E-state index is 0.0172. The molecule has 0 aromatic heterocycles. The van der Waals surface area contributed by atoms with Crippen LogP contribution in [0.5, 0.6) is 0 Å². The van der Waals surface area contributed by atoms with Gasteiger partial charge in [0.2, 0.25) is 11.8 Å². The van der Waals surface area contributed by atoms with E-state index in [1.807, 2.05) is 0 Å². The Labute approximate surface area is 156 Å². The Kier molecular flexibility index (Phi) is 7.04. The van der Waals surface area contributed by atoms with Crippen molar-refractivity contribution in [2.45, 2.75) is 51.1 Å². The zero-order valence-electron chi connectivity index (χ0n) is 15.0. The van der Waals surface area contributed by atoms with E-state index in [1.165, 1.54) is 31.2 Å². The first-order valence-corrected chi connectivity index (χ1v) is 8.82. The summed E-state index contributed by atoms with van der Waals surface area (Å²) >= 11 is 0. The first-order valence-electron chi connectivity index (χ1n) is 8.82. The van der Waals surface area contributed by atoms with Gasteiger partial charge in [-0.05, 0) is 36.5 Å². The molecule has 146 valence electrons. The second-order valence-electron chi connectivity index (χ2n) is 6.80. The van der Waals surface area contributed by atoms with E-state index >= 15 is 0 Å². The second kappa shape index (κ2) is 9.25. The van der Waals surface area contributed by atoms with Crippen LogP contribution in [0.25, 0.3) is 0 Å². The van der Waals surface area contributed by atoms with Crippen molar-refractivity contribution in [3.8, 4) is 0 Å². The van der Waals surface area contributed by atoms with Crippen molar-refractivity contribution < 1.29 is 28.7 Å². The zero-order chi connectivity index (χ0) is 20.0. The Morgan fingerprint density at radius 1 is 1.22 bits per heavy atom. The summed E-state index contributed by atoms with van der Waals surface area (Å²) in [7, 11) is 0. The van der Waals surface area contributed by atoms with E-state index in [2.05, 4.69) is 10.6 Å². The van der Waals surface area contributed by atoms with Gasteiger partial charge in [-0.25, -0.2) is 9.18 Å². The summed E-state index contributed by atoms with van der Waals surface area (Å²) in [6, 6.07) is 3.26. The maximum atomic E-state index is 13.0. The van der Waals surface area contributed by atoms with E-state index in [1.54, 1.807) is 0 Å². The molecule has 0 radical (unpaired) electrons. The molecule has 3 N–H and O–H groups in total. The van der Waals surface area contributed by atoms with Crippen molar-refractivity contribution in [1.82, 2.24) is 10.6 Å². The highest BCUT2D eigenvalue weighted by atomic mass is 19.1. The van der Waals surface area contributed by atoms with Crippen LogP contribution in [0.3, 0.4) is 0 Å². The summed E-state index contributed by atoms with van der Waals surface area (Å²) in [5.41, 5.74) is 0.616. The van der Waals surface area contributed by atoms with Crippen LogP contribution in [-0.2, 0) is 25.6 Å². The molecule has 2 rings (SSSR count). The number of nitrogens with one attached hydrogen (secondary N) is 2. The number of Topliss-reactive ketones (excluding diaryl/α,β-unsaturated/α-hetero) is 1. The van der Waals surface area contributed by atoms with Gasteiger partial charge in [0.15, 0.2) is 0 Å². The number of amides is 2. The highest BCUT2D eigenvalue weighted by Crippen LogP contribution is 2.24. The summed E-state index contributed by atoms with van der Waals surface area (Å²) in [4.78, 5) is 47.4. The molecule has 1 saturated carbocycles. The monoisotopic (exact) mass is 378 g/mol. The number of hydrogen-bond acceptors (Lipinski definition) is 4. The molecule has 0 spiro atoms. The van der Waals surface area contributed by atoms with Gasteiger partial charge in [0.25, 0.3) is 0 Å². The molecular weight excluding hydrogens is 355 g/mol. The van der Waals surface area contributed by atoms with E-state index < -0.39 is 41.6 Å². The molecule has 8 heteroatoms. The minimum atomic E-state index is -1.22. The van der Waals surface area contributed by atoms with Gasteiger partial charge >= 0.3 is 5.97 Å². The quantitative estimate of drug-likeness (QED) is 0.660. The predicted molar refractivity (Wildman–Crippen MR) is 94.2 cm³/mol. The van der Waals surface area contributed by atoms with Crippen molar-refractivity contribution in [3.63, 3.8) is 0 Å². The molecule has 27 heavy (non-hydrogen) atoms. The van der Waals surface area contributed by atoms with Gasteiger partial charge < -0.3 is 15.7 Å². The van der Waals surface area contributed by atoms with Crippen LogP contribution >= 0.6 is 0 Å². The normalized spacial score (nSPS) is 19.0. The Balaban J connectivity index is 2.12. The third-order valence-corrected chi connectivity index (χ3v) is 4.60. The van der Waals surface area contributed by atoms with Gasteiger partial charge in [-0.2, -0.15) is 0 Å². The van der Waals surface area contributed by atoms with E-state index in [4.69, 9.17) is 0 Å².